The van der Waals surface area contributed by atoms with Crippen molar-refractivity contribution in [2.24, 2.45) is 0 Å². The number of carbonyl (C=O) groups is 1. The number of hydrogen-bond acceptors (Lipinski definition) is 3. The number of ketones is 1. The zero-order valence-electron chi connectivity index (χ0n) is 11.2. The highest BCUT2D eigenvalue weighted by atomic mass is 19.4. The van der Waals surface area contributed by atoms with Crippen molar-refractivity contribution in [3.63, 3.8) is 0 Å². The Hall–Kier alpha value is -2.58. The van der Waals surface area contributed by atoms with Crippen molar-refractivity contribution in [1.29, 1.82) is 0 Å². The first kappa shape index (κ1) is 16.8. The van der Waals surface area contributed by atoms with E-state index < -0.39 is 23.8 Å². The summed E-state index contributed by atoms with van der Waals surface area (Å²) in [6.07, 6.45) is -3.07. The second-order valence-electron chi connectivity index (χ2n) is 4.40. The van der Waals surface area contributed by atoms with E-state index in [4.69, 9.17) is 0 Å². The first-order valence-corrected chi connectivity index (χ1v) is 6.09. The fourth-order valence-electron chi connectivity index (χ4n) is 1.72. The van der Waals surface area contributed by atoms with Gasteiger partial charge in [0.2, 0.25) is 0 Å². The summed E-state index contributed by atoms with van der Waals surface area (Å²) in [7, 11) is 0. The first-order chi connectivity index (χ1) is 10.6. The summed E-state index contributed by atoms with van der Waals surface area (Å²) < 4.78 is 74.4. The second-order valence-corrected chi connectivity index (χ2v) is 4.40. The Bertz CT molecular complexity index is 683. The highest BCUT2D eigenvalue weighted by Gasteiger charge is 2.37. The quantitative estimate of drug-likeness (QED) is 0.605. The number of pyridine rings is 1. The molecule has 0 atom stereocenters. The molecule has 1 aromatic heterocycles. The number of nitrogens with zero attached hydrogens (tertiary/aromatic N) is 2. The molecule has 0 bridgehead atoms. The molecule has 23 heavy (non-hydrogen) atoms. The van der Waals surface area contributed by atoms with Crippen LogP contribution >= 0.6 is 0 Å². The van der Waals surface area contributed by atoms with Crippen molar-refractivity contribution in [3.8, 4) is 0 Å². The van der Waals surface area contributed by atoms with Crippen LogP contribution in [0.25, 0.3) is 0 Å². The van der Waals surface area contributed by atoms with Gasteiger partial charge >= 0.3 is 12.4 Å². The van der Waals surface area contributed by atoms with Gasteiger partial charge in [-0.2, -0.15) is 26.3 Å². The summed E-state index contributed by atoms with van der Waals surface area (Å²) in [5.74, 6) is -2.07. The number of carbonyl (C=O) groups excluding carboxylic acids is 1. The van der Waals surface area contributed by atoms with E-state index in [0.717, 1.165) is 17.2 Å². The third-order valence-electron chi connectivity index (χ3n) is 2.77. The molecule has 0 unspecified atom stereocenters. The van der Waals surface area contributed by atoms with E-state index in [1.54, 1.807) is 0 Å². The summed E-state index contributed by atoms with van der Waals surface area (Å²) in [5, 5.41) is 0. The molecule has 0 spiro atoms. The van der Waals surface area contributed by atoms with E-state index in [1.165, 1.54) is 24.4 Å². The molecule has 3 nitrogen and oxygen atoms in total. The maximum absolute atomic E-state index is 12.5. The van der Waals surface area contributed by atoms with E-state index in [2.05, 4.69) is 4.98 Å². The first-order valence-electron chi connectivity index (χ1n) is 6.09. The standard InChI is InChI=1S/C14H8F6N2O/c15-13(16,17)11-5-4-10(8-21-11)22-6-2-1-3-9(22)7-12(23)14(18,19)20/h1-8H/b9-7+. The Morgan fingerprint density at radius 1 is 1.09 bits per heavy atom. The maximum Gasteiger partial charge on any atom is 0.454 e. The SMILES string of the molecule is O=C(/C=C1\C=CC=CN1c1ccc(C(F)(F)F)nc1)C(F)(F)F. The second kappa shape index (κ2) is 5.90. The van der Waals surface area contributed by atoms with Crippen molar-refractivity contribution in [3.05, 3.63) is 60.2 Å². The van der Waals surface area contributed by atoms with Crippen LogP contribution in [0.15, 0.2) is 54.5 Å². The van der Waals surface area contributed by atoms with Crippen LogP contribution < -0.4 is 4.90 Å². The number of aromatic nitrogens is 1. The highest BCUT2D eigenvalue weighted by molar-refractivity contribution is 5.96. The molecule has 0 saturated carbocycles. The van der Waals surface area contributed by atoms with Gasteiger partial charge in [-0.05, 0) is 24.3 Å². The lowest BCUT2D eigenvalue weighted by atomic mass is 10.2. The minimum absolute atomic E-state index is 0.0832. The van der Waals surface area contributed by atoms with Gasteiger partial charge in [-0.1, -0.05) is 6.08 Å². The number of allylic oxidation sites excluding steroid dienone is 4. The molecule has 1 aliphatic rings. The van der Waals surface area contributed by atoms with Gasteiger partial charge in [0.05, 0.1) is 11.9 Å². The molecule has 0 radical (unpaired) electrons. The van der Waals surface area contributed by atoms with Crippen LogP contribution in [-0.2, 0) is 11.0 Å². The van der Waals surface area contributed by atoms with Gasteiger partial charge < -0.3 is 4.90 Å². The summed E-state index contributed by atoms with van der Waals surface area (Å²) in [5.41, 5.74) is -1.19. The summed E-state index contributed by atoms with van der Waals surface area (Å²) in [6, 6.07) is 1.75. The van der Waals surface area contributed by atoms with Gasteiger partial charge in [-0.15, -0.1) is 0 Å². The van der Waals surface area contributed by atoms with Crippen LogP contribution in [-0.4, -0.2) is 16.9 Å². The third kappa shape index (κ3) is 3.99. The molecule has 1 aliphatic heterocycles. The van der Waals surface area contributed by atoms with Crippen LogP contribution in [0.2, 0.25) is 0 Å². The lowest BCUT2D eigenvalue weighted by Gasteiger charge is -2.23. The molecule has 2 heterocycles. The molecule has 0 saturated heterocycles. The van der Waals surface area contributed by atoms with E-state index in [9.17, 15) is 31.1 Å². The molecule has 1 aromatic rings. The van der Waals surface area contributed by atoms with E-state index in [-0.39, 0.29) is 11.4 Å². The van der Waals surface area contributed by atoms with Crippen LogP contribution in [0.5, 0.6) is 0 Å². The van der Waals surface area contributed by atoms with Gasteiger partial charge in [0.1, 0.15) is 5.69 Å². The molecule has 0 aromatic carbocycles. The van der Waals surface area contributed by atoms with Gasteiger partial charge in [0.15, 0.2) is 0 Å². The fourth-order valence-corrected chi connectivity index (χ4v) is 1.72. The van der Waals surface area contributed by atoms with Crippen molar-refractivity contribution < 1.29 is 31.1 Å². The van der Waals surface area contributed by atoms with Gasteiger partial charge in [-0.25, -0.2) is 4.98 Å². The normalized spacial score (nSPS) is 17.0. The van der Waals surface area contributed by atoms with Crippen LogP contribution in [0.3, 0.4) is 0 Å². The zero-order chi connectivity index (χ0) is 17.3. The molecule has 2 rings (SSSR count). The van der Waals surface area contributed by atoms with Crippen LogP contribution in [0.1, 0.15) is 5.69 Å². The Morgan fingerprint density at radius 2 is 1.78 bits per heavy atom. The molecule has 9 heteroatoms. The molecule has 0 fully saturated rings. The molecule has 0 aliphatic carbocycles. The predicted molar refractivity (Wildman–Crippen MR) is 69.1 cm³/mol. The molecule has 0 N–H and O–H groups in total. The largest absolute Gasteiger partial charge is 0.454 e. The maximum atomic E-state index is 12.5. The molecular weight excluding hydrogens is 326 g/mol. The predicted octanol–water partition coefficient (Wildman–Crippen LogP) is 4.01. The van der Waals surface area contributed by atoms with Gasteiger partial charge in [0, 0.05) is 18.0 Å². The van der Waals surface area contributed by atoms with Gasteiger partial charge in [0.25, 0.3) is 5.78 Å². The average Bonchev–Trinajstić information content (AvgIpc) is 2.46. The highest BCUT2D eigenvalue weighted by Crippen LogP contribution is 2.30. The minimum Gasteiger partial charge on any atom is -0.316 e. The Morgan fingerprint density at radius 3 is 2.30 bits per heavy atom. The van der Waals surface area contributed by atoms with Gasteiger partial charge in [-0.3, -0.25) is 4.79 Å². The number of alkyl halides is 6. The lowest BCUT2D eigenvalue weighted by Crippen LogP contribution is -2.24. The fraction of sp³-hybridized carbons (Fsp3) is 0.143. The van der Waals surface area contributed by atoms with E-state index in [1.807, 2.05) is 0 Å². The Kier molecular flexibility index (Phi) is 4.31. The number of halogens is 6. The smallest absolute Gasteiger partial charge is 0.316 e. The van der Waals surface area contributed by atoms with E-state index >= 15 is 0 Å². The Labute approximate surface area is 126 Å². The monoisotopic (exact) mass is 334 g/mol. The minimum atomic E-state index is -5.04. The summed E-state index contributed by atoms with van der Waals surface area (Å²) >= 11 is 0. The van der Waals surface area contributed by atoms with E-state index in [0.29, 0.717) is 12.1 Å². The summed E-state index contributed by atoms with van der Waals surface area (Å²) in [6.45, 7) is 0. The molecular formula is C14H8F6N2O. The number of rotatable bonds is 2. The zero-order valence-corrected chi connectivity index (χ0v) is 11.2. The number of anilines is 1. The number of hydrogen-bond donors (Lipinski definition) is 0. The van der Waals surface area contributed by atoms with Crippen molar-refractivity contribution >= 4 is 11.5 Å². The molecule has 122 valence electrons. The van der Waals surface area contributed by atoms with Crippen molar-refractivity contribution in [2.75, 3.05) is 4.90 Å². The van der Waals surface area contributed by atoms with Crippen molar-refractivity contribution in [2.45, 2.75) is 12.4 Å². The average molecular weight is 334 g/mol. The lowest BCUT2D eigenvalue weighted by molar-refractivity contribution is -0.165. The van der Waals surface area contributed by atoms with Crippen LogP contribution in [0.4, 0.5) is 32.0 Å². The Balaban J connectivity index is 2.33. The topological polar surface area (TPSA) is 33.2 Å². The third-order valence-corrected chi connectivity index (χ3v) is 2.77. The van der Waals surface area contributed by atoms with Crippen LogP contribution in [0, 0.1) is 0 Å². The molecule has 0 amide bonds. The van der Waals surface area contributed by atoms with Crippen molar-refractivity contribution in [1.82, 2.24) is 4.98 Å². The summed E-state index contributed by atoms with van der Waals surface area (Å²) in [4.78, 5) is 15.4.